The topological polar surface area (TPSA) is 57.3 Å². The van der Waals surface area contributed by atoms with Crippen molar-refractivity contribution >= 4 is 11.7 Å². The number of carbonyl (C=O) groups is 1. The molecule has 1 heterocycles. The molecule has 1 aromatic rings. The van der Waals surface area contributed by atoms with Gasteiger partial charge in [0, 0.05) is 26.3 Å². The van der Waals surface area contributed by atoms with Crippen molar-refractivity contribution in [2.24, 2.45) is 0 Å². The van der Waals surface area contributed by atoms with Crippen molar-refractivity contribution in [2.45, 2.75) is 40.2 Å². The predicted octanol–water partition coefficient (Wildman–Crippen LogP) is 1.85. The zero-order chi connectivity index (χ0) is 15.7. The number of rotatable bonds is 9. The van der Waals surface area contributed by atoms with Crippen molar-refractivity contribution in [3.63, 3.8) is 0 Å². The van der Waals surface area contributed by atoms with Gasteiger partial charge in [0.1, 0.15) is 5.82 Å². The molecule has 0 fully saturated rings. The Hall–Kier alpha value is -1.62. The molecule has 0 saturated heterocycles. The second-order valence-electron chi connectivity index (χ2n) is 5.26. The van der Waals surface area contributed by atoms with E-state index in [0.717, 1.165) is 43.9 Å². The fourth-order valence-corrected chi connectivity index (χ4v) is 2.25. The molecule has 0 bridgehead atoms. The van der Waals surface area contributed by atoms with Gasteiger partial charge in [-0.3, -0.25) is 4.79 Å². The Balaban J connectivity index is 2.81. The minimum absolute atomic E-state index is 0.0124. The minimum atomic E-state index is 0.0124. The average molecular weight is 292 g/mol. The largest absolute Gasteiger partial charge is 0.358 e. The van der Waals surface area contributed by atoms with Crippen LogP contribution in [0, 0.1) is 6.92 Å². The van der Waals surface area contributed by atoms with E-state index in [0.29, 0.717) is 6.54 Å². The van der Waals surface area contributed by atoms with Crippen molar-refractivity contribution in [1.29, 1.82) is 0 Å². The molecule has 1 rings (SSSR count). The van der Waals surface area contributed by atoms with Crippen molar-refractivity contribution < 1.29 is 4.79 Å². The van der Waals surface area contributed by atoms with Crippen molar-refractivity contribution in [3.8, 4) is 0 Å². The first-order valence-corrected chi connectivity index (χ1v) is 7.74. The fourth-order valence-electron chi connectivity index (χ4n) is 2.25. The van der Waals surface area contributed by atoms with Crippen LogP contribution in [0.5, 0.6) is 0 Å². The second-order valence-corrected chi connectivity index (χ2v) is 5.26. The van der Waals surface area contributed by atoms with Crippen LogP contribution < -0.4 is 15.5 Å². The maximum absolute atomic E-state index is 11.6. The summed E-state index contributed by atoms with van der Waals surface area (Å²) in [4.78, 5) is 18.2. The Morgan fingerprint density at radius 1 is 1.33 bits per heavy atom. The Bertz CT molecular complexity index is 448. The van der Waals surface area contributed by atoms with Gasteiger partial charge in [-0.2, -0.15) is 0 Å². The summed E-state index contributed by atoms with van der Waals surface area (Å²) in [5, 5.41) is 6.05. The zero-order valence-electron chi connectivity index (χ0n) is 13.7. The maximum Gasteiger partial charge on any atom is 0.239 e. The molecule has 0 unspecified atom stereocenters. The Labute approximate surface area is 128 Å². The molecule has 5 heteroatoms. The normalized spacial score (nSPS) is 10.5. The van der Waals surface area contributed by atoms with Gasteiger partial charge in [0.25, 0.3) is 0 Å². The van der Waals surface area contributed by atoms with Crippen molar-refractivity contribution in [3.05, 3.63) is 23.4 Å². The van der Waals surface area contributed by atoms with Crippen LogP contribution in [0.4, 0.5) is 5.82 Å². The van der Waals surface area contributed by atoms with E-state index in [2.05, 4.69) is 42.5 Å². The van der Waals surface area contributed by atoms with Gasteiger partial charge in [0.2, 0.25) is 5.91 Å². The highest BCUT2D eigenvalue weighted by molar-refractivity contribution is 5.80. The molecule has 5 nitrogen and oxygen atoms in total. The quantitative estimate of drug-likeness (QED) is 0.682. The highest BCUT2D eigenvalue weighted by Gasteiger charge is 2.13. The van der Waals surface area contributed by atoms with Crippen LogP contribution >= 0.6 is 0 Å². The summed E-state index contributed by atoms with van der Waals surface area (Å²) < 4.78 is 0. The van der Waals surface area contributed by atoms with Crippen LogP contribution in [0.1, 0.15) is 37.8 Å². The summed E-state index contributed by atoms with van der Waals surface area (Å²) in [6.07, 6.45) is 4.01. The van der Waals surface area contributed by atoms with Crippen molar-refractivity contribution in [1.82, 2.24) is 15.6 Å². The summed E-state index contributed by atoms with van der Waals surface area (Å²) in [6, 6.07) is 2.15. The molecule has 21 heavy (non-hydrogen) atoms. The molecular weight excluding hydrogens is 264 g/mol. The van der Waals surface area contributed by atoms with E-state index in [1.165, 1.54) is 5.56 Å². The third kappa shape index (κ3) is 5.71. The molecular formula is C16H28N4O. The summed E-state index contributed by atoms with van der Waals surface area (Å²) in [6.45, 7) is 9.35. The van der Waals surface area contributed by atoms with Crippen LogP contribution in [0.2, 0.25) is 0 Å². The van der Waals surface area contributed by atoms with Crippen LogP contribution in [0.15, 0.2) is 12.3 Å². The number of carbonyl (C=O) groups excluding carboxylic acids is 1. The molecule has 0 aliphatic heterocycles. The summed E-state index contributed by atoms with van der Waals surface area (Å²) >= 11 is 0. The van der Waals surface area contributed by atoms with E-state index < -0.39 is 0 Å². The number of hydrogen-bond donors (Lipinski definition) is 2. The number of nitrogens with zero attached hydrogens (tertiary/aromatic N) is 2. The molecule has 0 atom stereocenters. The molecule has 0 aromatic carbocycles. The molecule has 2 N–H and O–H groups in total. The van der Waals surface area contributed by atoms with Gasteiger partial charge >= 0.3 is 0 Å². The van der Waals surface area contributed by atoms with E-state index >= 15 is 0 Å². The van der Waals surface area contributed by atoms with Gasteiger partial charge in [0.15, 0.2) is 0 Å². The predicted molar refractivity (Wildman–Crippen MR) is 87.5 cm³/mol. The van der Waals surface area contributed by atoms with Gasteiger partial charge in [-0.15, -0.1) is 0 Å². The summed E-state index contributed by atoms with van der Waals surface area (Å²) in [7, 11) is 1.66. The molecule has 118 valence electrons. The lowest BCUT2D eigenvalue weighted by molar-refractivity contribution is -0.119. The highest BCUT2D eigenvalue weighted by atomic mass is 16.1. The van der Waals surface area contributed by atoms with Gasteiger partial charge in [-0.05, 0) is 43.5 Å². The van der Waals surface area contributed by atoms with E-state index in [1.807, 2.05) is 11.1 Å². The first kappa shape index (κ1) is 17.4. The van der Waals surface area contributed by atoms with Gasteiger partial charge < -0.3 is 15.5 Å². The fraction of sp³-hybridized carbons (Fsp3) is 0.625. The lowest BCUT2D eigenvalue weighted by Crippen LogP contribution is -2.37. The third-order valence-corrected chi connectivity index (χ3v) is 3.27. The maximum atomic E-state index is 11.6. The first-order chi connectivity index (χ1) is 10.1. The van der Waals surface area contributed by atoms with E-state index in [4.69, 9.17) is 0 Å². The number of pyridine rings is 1. The summed E-state index contributed by atoms with van der Waals surface area (Å²) in [5.74, 6) is 0.915. The first-order valence-electron chi connectivity index (χ1n) is 7.74. The molecule has 1 aromatic heterocycles. The van der Waals surface area contributed by atoms with E-state index in [1.54, 1.807) is 7.05 Å². The number of aryl methyl sites for hydroxylation is 1. The average Bonchev–Trinajstić information content (AvgIpc) is 2.47. The molecule has 0 spiro atoms. The lowest BCUT2D eigenvalue weighted by atomic mass is 10.2. The van der Waals surface area contributed by atoms with Gasteiger partial charge in [-0.1, -0.05) is 13.8 Å². The third-order valence-electron chi connectivity index (χ3n) is 3.27. The second kappa shape index (κ2) is 9.34. The number of aromatic nitrogens is 1. The standard InChI is InChI=1S/C16H28N4O/c1-5-7-18-10-14-9-13(3)16(19-11-14)20(8-6-2)12-15(21)17-4/h9,11,18H,5-8,10,12H2,1-4H3,(H,17,21). The monoisotopic (exact) mass is 292 g/mol. The molecule has 1 amide bonds. The summed E-state index contributed by atoms with van der Waals surface area (Å²) in [5.41, 5.74) is 2.30. The Morgan fingerprint density at radius 2 is 2.10 bits per heavy atom. The SMILES string of the molecule is CCCNCc1cnc(N(CCC)CC(=O)NC)c(C)c1. The molecule has 0 aliphatic carbocycles. The zero-order valence-corrected chi connectivity index (χ0v) is 13.7. The molecule has 0 saturated carbocycles. The number of likely N-dealkylation sites (N-methyl/N-ethyl adjacent to an activating group) is 1. The smallest absolute Gasteiger partial charge is 0.239 e. The number of hydrogen-bond acceptors (Lipinski definition) is 4. The van der Waals surface area contributed by atoms with Crippen LogP contribution in [-0.4, -0.2) is 37.6 Å². The van der Waals surface area contributed by atoms with E-state index in [-0.39, 0.29) is 5.91 Å². The van der Waals surface area contributed by atoms with Gasteiger partial charge in [0.05, 0.1) is 6.54 Å². The van der Waals surface area contributed by atoms with Crippen LogP contribution in [0.25, 0.3) is 0 Å². The molecule has 0 radical (unpaired) electrons. The van der Waals surface area contributed by atoms with E-state index in [9.17, 15) is 4.79 Å². The Kier molecular flexibility index (Phi) is 7.75. The van der Waals surface area contributed by atoms with Crippen LogP contribution in [-0.2, 0) is 11.3 Å². The Morgan fingerprint density at radius 3 is 2.67 bits per heavy atom. The highest BCUT2D eigenvalue weighted by Crippen LogP contribution is 2.18. The lowest BCUT2D eigenvalue weighted by Gasteiger charge is -2.24. The minimum Gasteiger partial charge on any atom is -0.358 e. The number of nitrogens with one attached hydrogen (secondary N) is 2. The number of anilines is 1. The number of amides is 1. The molecule has 0 aliphatic rings. The van der Waals surface area contributed by atoms with Gasteiger partial charge in [-0.25, -0.2) is 4.98 Å². The van der Waals surface area contributed by atoms with Crippen LogP contribution in [0.3, 0.4) is 0 Å². The van der Waals surface area contributed by atoms with Crippen molar-refractivity contribution in [2.75, 3.05) is 31.6 Å².